The zero-order valence-corrected chi connectivity index (χ0v) is 19.3. The third-order valence-corrected chi connectivity index (χ3v) is 5.34. The summed E-state index contributed by atoms with van der Waals surface area (Å²) < 4.78 is 11.2. The Hall–Kier alpha value is -4.53. The molecular weight excluding hydrogens is 446 g/mol. The second kappa shape index (κ2) is 10.6. The summed E-state index contributed by atoms with van der Waals surface area (Å²) in [6.07, 6.45) is 3.30. The van der Waals surface area contributed by atoms with Gasteiger partial charge in [0, 0.05) is 23.5 Å². The number of carbonyl (C=O) groups excluding carboxylic acids is 2. The normalized spacial score (nSPS) is 11.7. The molecule has 0 radical (unpaired) electrons. The van der Waals surface area contributed by atoms with Crippen LogP contribution in [0.5, 0.6) is 5.75 Å². The maximum Gasteiger partial charge on any atom is 0.252 e. The van der Waals surface area contributed by atoms with Crippen LogP contribution in [0.1, 0.15) is 52.1 Å². The van der Waals surface area contributed by atoms with Crippen molar-refractivity contribution in [2.24, 2.45) is 11.7 Å². The number of benzene rings is 2. The Morgan fingerprint density at radius 2 is 1.83 bits per heavy atom. The Labute approximate surface area is 202 Å². The molecule has 2 heterocycles. The molecule has 2 aromatic heterocycles. The number of ether oxygens (including phenoxy) is 1. The zero-order valence-electron chi connectivity index (χ0n) is 19.3. The molecule has 0 saturated carbocycles. The summed E-state index contributed by atoms with van der Waals surface area (Å²) >= 11 is 0. The van der Waals surface area contributed by atoms with Gasteiger partial charge in [-0.25, -0.2) is 0 Å². The summed E-state index contributed by atoms with van der Waals surface area (Å²) in [5.74, 6) is 0.284. The number of carbonyl (C=O) groups is 2. The Balaban J connectivity index is 1.47. The van der Waals surface area contributed by atoms with E-state index in [9.17, 15) is 9.59 Å². The van der Waals surface area contributed by atoms with Crippen LogP contribution in [0.3, 0.4) is 0 Å². The molecule has 0 bridgehead atoms. The van der Waals surface area contributed by atoms with E-state index in [0.29, 0.717) is 28.6 Å². The van der Waals surface area contributed by atoms with Crippen molar-refractivity contribution >= 4 is 11.8 Å². The van der Waals surface area contributed by atoms with E-state index >= 15 is 0 Å². The third kappa shape index (κ3) is 5.70. The smallest absolute Gasteiger partial charge is 0.252 e. The molecule has 1 unspecified atom stereocenters. The lowest BCUT2D eigenvalue weighted by molar-refractivity contribution is 0.0913. The van der Waals surface area contributed by atoms with Gasteiger partial charge in [0.15, 0.2) is 0 Å². The van der Waals surface area contributed by atoms with E-state index in [0.717, 1.165) is 11.1 Å². The third-order valence-electron chi connectivity index (χ3n) is 5.34. The van der Waals surface area contributed by atoms with Crippen molar-refractivity contribution in [2.75, 3.05) is 0 Å². The molecular formula is C26H25N5O4. The fraction of sp³-hybridized carbons (Fsp3) is 0.192. The molecule has 35 heavy (non-hydrogen) atoms. The van der Waals surface area contributed by atoms with Gasteiger partial charge in [-0.3, -0.25) is 14.6 Å². The van der Waals surface area contributed by atoms with Crippen LogP contribution in [-0.2, 0) is 6.61 Å². The monoisotopic (exact) mass is 471 g/mol. The van der Waals surface area contributed by atoms with E-state index in [-0.39, 0.29) is 18.4 Å². The number of hydrogen-bond donors (Lipinski definition) is 2. The minimum atomic E-state index is -0.568. The average molecular weight is 472 g/mol. The number of nitrogens with one attached hydrogen (secondary N) is 1. The van der Waals surface area contributed by atoms with Crippen molar-refractivity contribution in [2.45, 2.75) is 26.5 Å². The molecule has 4 aromatic rings. The first kappa shape index (κ1) is 23.6. The first-order valence-corrected chi connectivity index (χ1v) is 11.1. The van der Waals surface area contributed by atoms with Crippen LogP contribution in [0, 0.1) is 5.92 Å². The highest BCUT2D eigenvalue weighted by Crippen LogP contribution is 2.24. The van der Waals surface area contributed by atoms with Crippen molar-refractivity contribution in [3.8, 4) is 17.1 Å². The lowest BCUT2D eigenvalue weighted by Crippen LogP contribution is -2.32. The van der Waals surface area contributed by atoms with Gasteiger partial charge in [-0.1, -0.05) is 43.3 Å². The van der Waals surface area contributed by atoms with Gasteiger partial charge in [0.1, 0.15) is 18.4 Å². The standard InChI is InChI=1S/C26H25N5O4/c1-16(2)22(26-30-24(31-35-26)18-10-12-28-13-11-18)29-25(33)19-7-5-6-17(14-19)15-34-21-9-4-3-8-20(21)23(27)32/h3-14,16,22H,15H2,1-2H3,(H2,27,32)(H,29,33). The number of nitrogens with zero attached hydrogens (tertiary/aromatic N) is 3. The summed E-state index contributed by atoms with van der Waals surface area (Å²) in [5, 5.41) is 7.03. The Kier molecular flexibility index (Phi) is 7.15. The van der Waals surface area contributed by atoms with Crippen molar-refractivity contribution in [3.05, 3.63) is 95.6 Å². The zero-order chi connectivity index (χ0) is 24.8. The SMILES string of the molecule is CC(C)C(NC(=O)c1cccc(COc2ccccc2C(N)=O)c1)c1nc(-c2ccncc2)no1. The number of pyridine rings is 1. The molecule has 9 heteroatoms. The van der Waals surface area contributed by atoms with Crippen LogP contribution < -0.4 is 15.8 Å². The predicted octanol–water partition coefficient (Wildman–Crippen LogP) is 3.94. The van der Waals surface area contributed by atoms with Crippen LogP contribution in [-0.4, -0.2) is 26.9 Å². The molecule has 0 aliphatic rings. The molecule has 2 amide bonds. The second-order valence-electron chi connectivity index (χ2n) is 8.24. The Morgan fingerprint density at radius 3 is 2.57 bits per heavy atom. The van der Waals surface area contributed by atoms with Crippen LogP contribution in [0.25, 0.3) is 11.4 Å². The summed E-state index contributed by atoms with van der Waals surface area (Å²) in [6, 6.07) is 16.9. The quantitative estimate of drug-likeness (QED) is 0.378. The molecule has 0 saturated heterocycles. The second-order valence-corrected chi connectivity index (χ2v) is 8.24. The number of para-hydroxylation sites is 1. The van der Waals surface area contributed by atoms with E-state index in [1.807, 2.05) is 19.9 Å². The van der Waals surface area contributed by atoms with Crippen LogP contribution in [0.2, 0.25) is 0 Å². The highest BCUT2D eigenvalue weighted by molar-refractivity contribution is 5.95. The highest BCUT2D eigenvalue weighted by atomic mass is 16.5. The molecule has 1 atom stereocenters. The van der Waals surface area contributed by atoms with Gasteiger partial charge < -0.3 is 20.3 Å². The molecule has 4 rings (SSSR count). The predicted molar refractivity (Wildman–Crippen MR) is 128 cm³/mol. The molecule has 9 nitrogen and oxygen atoms in total. The number of rotatable bonds is 9. The summed E-state index contributed by atoms with van der Waals surface area (Å²) in [5.41, 5.74) is 7.69. The maximum atomic E-state index is 13.1. The number of primary amides is 1. The molecule has 0 aliphatic carbocycles. The molecule has 0 aliphatic heterocycles. The minimum Gasteiger partial charge on any atom is -0.488 e. The first-order chi connectivity index (χ1) is 16.9. The van der Waals surface area contributed by atoms with E-state index < -0.39 is 11.9 Å². The fourth-order valence-electron chi connectivity index (χ4n) is 3.48. The number of hydrogen-bond acceptors (Lipinski definition) is 7. The summed E-state index contributed by atoms with van der Waals surface area (Å²) in [4.78, 5) is 33.1. The summed E-state index contributed by atoms with van der Waals surface area (Å²) in [6.45, 7) is 4.08. The number of amides is 2. The van der Waals surface area contributed by atoms with Crippen molar-refractivity contribution in [3.63, 3.8) is 0 Å². The summed E-state index contributed by atoms with van der Waals surface area (Å²) in [7, 11) is 0. The maximum absolute atomic E-state index is 13.1. The lowest BCUT2D eigenvalue weighted by Gasteiger charge is -2.18. The average Bonchev–Trinajstić information content (AvgIpc) is 3.36. The van der Waals surface area contributed by atoms with Crippen molar-refractivity contribution in [1.82, 2.24) is 20.4 Å². The molecule has 0 spiro atoms. The van der Waals surface area contributed by atoms with Gasteiger partial charge in [0.05, 0.1) is 5.56 Å². The van der Waals surface area contributed by atoms with E-state index in [1.165, 1.54) is 0 Å². The first-order valence-electron chi connectivity index (χ1n) is 11.1. The number of nitrogens with two attached hydrogens (primary N) is 1. The highest BCUT2D eigenvalue weighted by Gasteiger charge is 2.25. The van der Waals surface area contributed by atoms with Crippen LogP contribution >= 0.6 is 0 Å². The van der Waals surface area contributed by atoms with Crippen LogP contribution in [0.15, 0.2) is 77.6 Å². The topological polar surface area (TPSA) is 133 Å². The van der Waals surface area contributed by atoms with Crippen LogP contribution in [0.4, 0.5) is 0 Å². The van der Waals surface area contributed by atoms with Crippen molar-refractivity contribution in [1.29, 1.82) is 0 Å². The fourth-order valence-corrected chi connectivity index (χ4v) is 3.48. The van der Waals surface area contributed by atoms with Gasteiger partial charge in [0.25, 0.3) is 11.8 Å². The molecule has 3 N–H and O–H groups in total. The molecule has 0 fully saturated rings. The Morgan fingerprint density at radius 1 is 1.06 bits per heavy atom. The van der Waals surface area contributed by atoms with Gasteiger partial charge in [-0.2, -0.15) is 4.98 Å². The van der Waals surface area contributed by atoms with E-state index in [4.69, 9.17) is 15.0 Å². The lowest BCUT2D eigenvalue weighted by atomic mass is 10.0. The van der Waals surface area contributed by atoms with Gasteiger partial charge in [-0.15, -0.1) is 0 Å². The van der Waals surface area contributed by atoms with E-state index in [2.05, 4.69) is 20.4 Å². The van der Waals surface area contributed by atoms with Crippen molar-refractivity contribution < 1.29 is 18.8 Å². The molecule has 178 valence electrons. The van der Waals surface area contributed by atoms with E-state index in [1.54, 1.807) is 67.0 Å². The molecule has 2 aromatic carbocycles. The minimum absolute atomic E-state index is 0.00140. The Bertz CT molecular complexity index is 1320. The van der Waals surface area contributed by atoms with Gasteiger partial charge >= 0.3 is 0 Å². The van der Waals surface area contributed by atoms with Gasteiger partial charge in [-0.05, 0) is 47.9 Å². The largest absolute Gasteiger partial charge is 0.488 e. The van der Waals surface area contributed by atoms with Gasteiger partial charge in [0.2, 0.25) is 11.7 Å². The number of aromatic nitrogens is 3.